The highest BCUT2D eigenvalue weighted by Crippen LogP contribution is 2.39. The Morgan fingerprint density at radius 1 is 1.19 bits per heavy atom. The molecule has 2 aromatic rings. The summed E-state index contributed by atoms with van der Waals surface area (Å²) in [6, 6.07) is 9.38. The zero-order chi connectivity index (χ0) is 15.2. The van der Waals surface area contributed by atoms with Gasteiger partial charge in [-0.05, 0) is 36.4 Å². The third-order valence-electron chi connectivity index (χ3n) is 3.74. The molecule has 2 nitrogen and oxygen atoms in total. The van der Waals surface area contributed by atoms with Gasteiger partial charge in [-0.1, -0.05) is 25.4 Å². The quantitative estimate of drug-likeness (QED) is 0.770. The summed E-state index contributed by atoms with van der Waals surface area (Å²) >= 11 is 5.74. The van der Waals surface area contributed by atoms with Crippen molar-refractivity contribution in [2.24, 2.45) is 0 Å². The molecule has 108 valence electrons. The van der Waals surface area contributed by atoms with Crippen molar-refractivity contribution in [1.29, 1.82) is 0 Å². The third kappa shape index (κ3) is 2.42. The van der Waals surface area contributed by atoms with Crippen molar-refractivity contribution in [3.63, 3.8) is 0 Å². The summed E-state index contributed by atoms with van der Waals surface area (Å²) in [5.74, 6) is 0.104. The van der Waals surface area contributed by atoms with Gasteiger partial charge < -0.3 is 4.74 Å². The number of halogens is 2. The molecule has 0 fully saturated rings. The van der Waals surface area contributed by atoms with Gasteiger partial charge in [0.15, 0.2) is 5.78 Å². The Bertz CT molecular complexity index is 738. The third-order valence-corrected chi connectivity index (χ3v) is 4.03. The summed E-state index contributed by atoms with van der Waals surface area (Å²) in [6.07, 6.45) is 0. The second-order valence-corrected chi connectivity index (χ2v) is 6.25. The van der Waals surface area contributed by atoms with E-state index in [-0.39, 0.29) is 16.2 Å². The predicted octanol–water partition coefficient (Wildman–Crippen LogP) is 4.38. The highest BCUT2D eigenvalue weighted by atomic mass is 35.5. The summed E-state index contributed by atoms with van der Waals surface area (Å²) in [7, 11) is 0. The van der Waals surface area contributed by atoms with Crippen LogP contribution in [0.3, 0.4) is 0 Å². The number of carbonyl (C=O) groups is 1. The van der Waals surface area contributed by atoms with Crippen LogP contribution in [0.1, 0.15) is 35.3 Å². The molecule has 0 aromatic heterocycles. The molecule has 21 heavy (non-hydrogen) atoms. The average molecular weight is 305 g/mol. The fraction of sp³-hybridized carbons (Fsp3) is 0.235. The summed E-state index contributed by atoms with van der Waals surface area (Å²) in [4.78, 5) is 12.5. The molecule has 0 radical (unpaired) electrons. The second-order valence-electron chi connectivity index (χ2n) is 5.84. The molecule has 0 unspecified atom stereocenters. The lowest BCUT2D eigenvalue weighted by Crippen LogP contribution is -2.18. The van der Waals surface area contributed by atoms with E-state index in [1.54, 1.807) is 6.07 Å². The maximum atomic E-state index is 13.2. The second kappa shape index (κ2) is 4.85. The molecule has 4 heteroatoms. The van der Waals surface area contributed by atoms with Crippen LogP contribution < -0.4 is 4.74 Å². The molecule has 1 heterocycles. The Balaban J connectivity index is 2.01. The van der Waals surface area contributed by atoms with Gasteiger partial charge >= 0.3 is 0 Å². The van der Waals surface area contributed by atoms with Crippen molar-refractivity contribution in [2.75, 3.05) is 6.61 Å². The molecular weight excluding hydrogens is 291 g/mol. The summed E-state index contributed by atoms with van der Waals surface area (Å²) < 4.78 is 18.8. The van der Waals surface area contributed by atoms with Gasteiger partial charge in [0.2, 0.25) is 0 Å². The lowest BCUT2D eigenvalue weighted by molar-refractivity contribution is 0.103. The standard InChI is InChI=1S/C17H14ClFO2/c1-17(2)9-21-15-6-4-10(7-12(15)17)16(20)11-3-5-14(19)13(18)8-11/h3-8H,9H2,1-2H3. The molecule has 0 spiro atoms. The smallest absolute Gasteiger partial charge is 0.193 e. The number of hydrogen-bond donors (Lipinski definition) is 0. The van der Waals surface area contributed by atoms with Crippen LogP contribution in [0.4, 0.5) is 4.39 Å². The van der Waals surface area contributed by atoms with Crippen LogP contribution in [0.5, 0.6) is 5.75 Å². The van der Waals surface area contributed by atoms with E-state index in [0.717, 1.165) is 11.3 Å². The minimum absolute atomic E-state index is 0.0503. The van der Waals surface area contributed by atoms with Gasteiger partial charge in [-0.15, -0.1) is 0 Å². The van der Waals surface area contributed by atoms with Crippen molar-refractivity contribution in [3.8, 4) is 5.75 Å². The molecule has 0 saturated heterocycles. The first-order valence-electron chi connectivity index (χ1n) is 6.65. The van der Waals surface area contributed by atoms with Gasteiger partial charge in [-0.3, -0.25) is 4.79 Å². The van der Waals surface area contributed by atoms with Crippen LogP contribution in [0, 0.1) is 5.82 Å². The Hall–Kier alpha value is -1.87. The van der Waals surface area contributed by atoms with Crippen molar-refractivity contribution >= 4 is 17.4 Å². The Morgan fingerprint density at radius 2 is 1.86 bits per heavy atom. The number of benzene rings is 2. The van der Waals surface area contributed by atoms with Crippen LogP contribution in [0.25, 0.3) is 0 Å². The predicted molar refractivity (Wildman–Crippen MR) is 79.8 cm³/mol. The Kier molecular flexibility index (Phi) is 3.25. The molecule has 1 aliphatic heterocycles. The van der Waals surface area contributed by atoms with Crippen molar-refractivity contribution in [1.82, 2.24) is 0 Å². The lowest BCUT2D eigenvalue weighted by atomic mass is 9.85. The maximum Gasteiger partial charge on any atom is 0.193 e. The summed E-state index contributed by atoms with van der Waals surface area (Å²) in [5.41, 5.74) is 1.82. The van der Waals surface area contributed by atoms with Crippen molar-refractivity contribution in [3.05, 3.63) is 63.9 Å². The number of ether oxygens (including phenoxy) is 1. The highest BCUT2D eigenvalue weighted by Gasteiger charge is 2.32. The molecule has 1 aliphatic rings. The fourth-order valence-corrected chi connectivity index (χ4v) is 2.65. The fourth-order valence-electron chi connectivity index (χ4n) is 2.47. The lowest BCUT2D eigenvalue weighted by Gasteiger charge is -2.15. The van der Waals surface area contributed by atoms with Crippen LogP contribution in [0.15, 0.2) is 36.4 Å². The van der Waals surface area contributed by atoms with E-state index in [1.165, 1.54) is 18.2 Å². The first kappa shape index (κ1) is 14.1. The van der Waals surface area contributed by atoms with Crippen LogP contribution in [-0.2, 0) is 5.41 Å². The molecule has 0 amide bonds. The van der Waals surface area contributed by atoms with Gasteiger partial charge in [-0.2, -0.15) is 0 Å². The normalized spacial score (nSPS) is 15.4. The van der Waals surface area contributed by atoms with Gasteiger partial charge in [0.1, 0.15) is 11.6 Å². The SMILES string of the molecule is CC1(C)COc2ccc(C(=O)c3ccc(F)c(Cl)c3)cc21. The maximum absolute atomic E-state index is 13.2. The molecule has 0 aliphatic carbocycles. The first-order chi connectivity index (χ1) is 9.88. The molecular formula is C17H14ClFO2. The van der Waals surface area contributed by atoms with E-state index in [9.17, 15) is 9.18 Å². The first-order valence-corrected chi connectivity index (χ1v) is 7.03. The van der Waals surface area contributed by atoms with E-state index in [0.29, 0.717) is 17.7 Å². The minimum Gasteiger partial charge on any atom is -0.492 e. The molecule has 2 aromatic carbocycles. The molecule has 3 rings (SSSR count). The van der Waals surface area contributed by atoms with Crippen molar-refractivity contribution in [2.45, 2.75) is 19.3 Å². The highest BCUT2D eigenvalue weighted by molar-refractivity contribution is 6.31. The van der Waals surface area contributed by atoms with Crippen LogP contribution in [-0.4, -0.2) is 12.4 Å². The zero-order valence-electron chi connectivity index (χ0n) is 11.7. The average Bonchev–Trinajstić information content (AvgIpc) is 2.76. The van der Waals surface area contributed by atoms with E-state index in [4.69, 9.17) is 16.3 Å². The number of ketones is 1. The van der Waals surface area contributed by atoms with Crippen LogP contribution in [0.2, 0.25) is 5.02 Å². The van der Waals surface area contributed by atoms with Gasteiger partial charge in [-0.25, -0.2) is 4.39 Å². The molecule has 0 bridgehead atoms. The van der Waals surface area contributed by atoms with Crippen molar-refractivity contribution < 1.29 is 13.9 Å². The van der Waals surface area contributed by atoms with Gasteiger partial charge in [0, 0.05) is 22.1 Å². The monoisotopic (exact) mass is 304 g/mol. The number of carbonyl (C=O) groups excluding carboxylic acids is 1. The summed E-state index contributed by atoms with van der Waals surface area (Å²) in [5, 5.41) is -0.0503. The molecule has 0 saturated carbocycles. The van der Waals surface area contributed by atoms with E-state index >= 15 is 0 Å². The zero-order valence-corrected chi connectivity index (χ0v) is 12.5. The Morgan fingerprint density at radius 3 is 2.57 bits per heavy atom. The Labute approximate surface area is 127 Å². The number of fused-ring (bicyclic) bond motifs is 1. The topological polar surface area (TPSA) is 26.3 Å². The minimum atomic E-state index is -0.531. The van der Waals surface area contributed by atoms with Crippen LogP contribution >= 0.6 is 11.6 Å². The number of hydrogen-bond acceptors (Lipinski definition) is 2. The number of rotatable bonds is 2. The van der Waals surface area contributed by atoms with Gasteiger partial charge in [0.05, 0.1) is 11.6 Å². The summed E-state index contributed by atoms with van der Waals surface area (Å²) in [6.45, 7) is 4.74. The van der Waals surface area contributed by atoms with E-state index in [2.05, 4.69) is 13.8 Å². The van der Waals surface area contributed by atoms with E-state index in [1.807, 2.05) is 12.1 Å². The molecule has 0 N–H and O–H groups in total. The van der Waals surface area contributed by atoms with E-state index < -0.39 is 5.82 Å². The molecule has 0 atom stereocenters. The van der Waals surface area contributed by atoms with Gasteiger partial charge in [0.25, 0.3) is 0 Å². The largest absolute Gasteiger partial charge is 0.492 e.